The maximum atomic E-state index is 12.1. The molecule has 0 aliphatic carbocycles. The Bertz CT molecular complexity index is 687. The summed E-state index contributed by atoms with van der Waals surface area (Å²) in [5.41, 5.74) is 1.45. The van der Waals surface area contributed by atoms with Crippen LogP contribution in [0.5, 0.6) is 0 Å². The summed E-state index contributed by atoms with van der Waals surface area (Å²) in [5, 5.41) is 5.25. The summed E-state index contributed by atoms with van der Waals surface area (Å²) in [4.78, 5) is 17.2. The average molecular weight is 425 g/mol. The van der Waals surface area contributed by atoms with E-state index in [1.807, 2.05) is 35.6 Å². The Morgan fingerprint density at radius 1 is 1.38 bits per heavy atom. The van der Waals surface area contributed by atoms with Crippen molar-refractivity contribution in [1.29, 1.82) is 0 Å². The van der Waals surface area contributed by atoms with Gasteiger partial charge in [0.1, 0.15) is 0 Å². The van der Waals surface area contributed by atoms with Crippen LogP contribution in [0.15, 0.2) is 45.1 Å². The highest BCUT2D eigenvalue weighted by Crippen LogP contribution is 2.25. The molecule has 1 N–H and O–H groups in total. The van der Waals surface area contributed by atoms with Crippen LogP contribution in [0.3, 0.4) is 0 Å². The van der Waals surface area contributed by atoms with E-state index in [1.165, 1.54) is 10.4 Å². The van der Waals surface area contributed by atoms with Crippen LogP contribution in [-0.4, -0.2) is 35.7 Å². The maximum absolute atomic E-state index is 12.1. The third-order valence-corrected chi connectivity index (χ3v) is 6.80. The Morgan fingerprint density at radius 2 is 2.17 bits per heavy atom. The molecule has 1 aliphatic heterocycles. The summed E-state index contributed by atoms with van der Waals surface area (Å²) in [5.74, 6) is 0.561. The molecule has 6 heteroatoms. The number of carbonyl (C=O) groups is 1. The van der Waals surface area contributed by atoms with Crippen molar-refractivity contribution >= 4 is 44.9 Å². The number of nitrogens with zero attached hydrogens (tertiary/aromatic N) is 1. The molecule has 1 unspecified atom stereocenters. The lowest BCUT2D eigenvalue weighted by Gasteiger charge is -2.32. The van der Waals surface area contributed by atoms with Crippen LogP contribution in [0.1, 0.15) is 17.4 Å². The largest absolute Gasteiger partial charge is 0.354 e. The number of halogens is 1. The summed E-state index contributed by atoms with van der Waals surface area (Å²) < 4.78 is 1.06. The fraction of sp³-hybridized carbons (Fsp3) is 0.389. The molecule has 2 heterocycles. The number of hydrogen-bond acceptors (Lipinski definition) is 4. The van der Waals surface area contributed by atoms with E-state index in [9.17, 15) is 4.79 Å². The SMILES string of the molecule is CC(CNC(=O)CSc1ccc(Br)cc1)N1CCc2sccc2C1. The minimum absolute atomic E-state index is 0.100. The smallest absolute Gasteiger partial charge is 0.230 e. The summed E-state index contributed by atoms with van der Waals surface area (Å²) in [6.07, 6.45) is 1.13. The summed E-state index contributed by atoms with van der Waals surface area (Å²) >= 11 is 6.85. The van der Waals surface area contributed by atoms with Gasteiger partial charge in [-0.1, -0.05) is 15.9 Å². The van der Waals surface area contributed by atoms with Crippen molar-refractivity contribution in [3.63, 3.8) is 0 Å². The molecule has 1 atom stereocenters. The fourth-order valence-electron chi connectivity index (χ4n) is 2.77. The summed E-state index contributed by atoms with van der Waals surface area (Å²) in [7, 11) is 0. The fourth-order valence-corrected chi connectivity index (χ4v) is 4.65. The molecule has 0 fully saturated rings. The Kier molecular flexibility index (Phi) is 6.38. The standard InChI is InChI=1S/C18H21BrN2OS2/c1-13(21-8-6-17-14(11-21)7-9-23-17)10-20-18(22)12-24-16-4-2-15(19)3-5-16/h2-5,7,9,13H,6,8,10-12H2,1H3,(H,20,22). The van der Waals surface area contributed by atoms with E-state index in [-0.39, 0.29) is 5.91 Å². The van der Waals surface area contributed by atoms with E-state index in [0.29, 0.717) is 18.3 Å². The van der Waals surface area contributed by atoms with Gasteiger partial charge in [-0.2, -0.15) is 0 Å². The molecule has 0 spiro atoms. The molecular weight excluding hydrogens is 404 g/mol. The van der Waals surface area contributed by atoms with E-state index in [0.717, 1.165) is 28.9 Å². The number of carbonyl (C=O) groups excluding carboxylic acids is 1. The predicted octanol–water partition coefficient (Wildman–Crippen LogP) is 4.17. The van der Waals surface area contributed by atoms with E-state index in [1.54, 1.807) is 11.8 Å². The van der Waals surface area contributed by atoms with Gasteiger partial charge in [-0.3, -0.25) is 9.69 Å². The van der Waals surface area contributed by atoms with Gasteiger partial charge in [0.25, 0.3) is 0 Å². The molecule has 1 amide bonds. The predicted molar refractivity (Wildman–Crippen MR) is 106 cm³/mol. The minimum atomic E-state index is 0.100. The Labute approximate surface area is 160 Å². The molecule has 0 radical (unpaired) electrons. The maximum Gasteiger partial charge on any atom is 0.230 e. The van der Waals surface area contributed by atoms with Gasteiger partial charge in [0.2, 0.25) is 5.91 Å². The van der Waals surface area contributed by atoms with Gasteiger partial charge in [-0.15, -0.1) is 23.1 Å². The van der Waals surface area contributed by atoms with Crippen molar-refractivity contribution in [3.05, 3.63) is 50.6 Å². The number of benzene rings is 1. The molecule has 1 aromatic carbocycles. The number of fused-ring (bicyclic) bond motifs is 1. The molecule has 2 aromatic rings. The highest BCUT2D eigenvalue weighted by atomic mass is 79.9. The Hall–Kier alpha value is -0.820. The normalized spacial score (nSPS) is 15.8. The molecule has 0 saturated carbocycles. The molecule has 3 rings (SSSR count). The van der Waals surface area contributed by atoms with Crippen LogP contribution in [0.25, 0.3) is 0 Å². The van der Waals surface area contributed by atoms with Gasteiger partial charge < -0.3 is 5.32 Å². The average Bonchev–Trinajstić information content (AvgIpc) is 3.06. The van der Waals surface area contributed by atoms with E-state index < -0.39 is 0 Å². The first-order valence-corrected chi connectivity index (χ1v) is 10.7. The lowest BCUT2D eigenvalue weighted by atomic mass is 10.1. The zero-order chi connectivity index (χ0) is 16.9. The van der Waals surface area contributed by atoms with Crippen LogP contribution in [0, 0.1) is 0 Å². The number of thioether (sulfide) groups is 1. The first-order valence-electron chi connectivity index (χ1n) is 8.06. The Morgan fingerprint density at radius 3 is 2.96 bits per heavy atom. The number of thiophene rings is 1. The first kappa shape index (κ1) is 18.0. The first-order chi connectivity index (χ1) is 11.6. The van der Waals surface area contributed by atoms with Gasteiger partial charge in [-0.05, 0) is 54.6 Å². The molecule has 0 saturated heterocycles. The van der Waals surface area contributed by atoms with Crippen LogP contribution in [0.4, 0.5) is 0 Å². The zero-order valence-corrected chi connectivity index (χ0v) is 16.8. The zero-order valence-electron chi connectivity index (χ0n) is 13.6. The van der Waals surface area contributed by atoms with Gasteiger partial charge in [0.05, 0.1) is 5.75 Å². The molecular formula is C18H21BrN2OS2. The minimum Gasteiger partial charge on any atom is -0.354 e. The highest BCUT2D eigenvalue weighted by molar-refractivity contribution is 9.10. The van der Waals surface area contributed by atoms with Crippen LogP contribution < -0.4 is 5.32 Å². The molecule has 1 aromatic heterocycles. The van der Waals surface area contributed by atoms with E-state index in [4.69, 9.17) is 0 Å². The number of hydrogen-bond donors (Lipinski definition) is 1. The van der Waals surface area contributed by atoms with Crippen molar-refractivity contribution in [2.75, 3.05) is 18.8 Å². The lowest BCUT2D eigenvalue weighted by Crippen LogP contribution is -2.44. The second kappa shape index (κ2) is 8.52. The van der Waals surface area contributed by atoms with E-state index in [2.05, 4.69) is 44.5 Å². The molecule has 0 bridgehead atoms. The summed E-state index contributed by atoms with van der Waals surface area (Å²) in [6, 6.07) is 10.6. The second-order valence-electron chi connectivity index (χ2n) is 5.99. The van der Waals surface area contributed by atoms with Crippen molar-refractivity contribution < 1.29 is 4.79 Å². The van der Waals surface area contributed by atoms with Crippen LogP contribution >= 0.6 is 39.0 Å². The lowest BCUT2D eigenvalue weighted by molar-refractivity contribution is -0.118. The van der Waals surface area contributed by atoms with Crippen molar-refractivity contribution in [2.45, 2.75) is 30.8 Å². The third kappa shape index (κ3) is 4.85. The quantitative estimate of drug-likeness (QED) is 0.706. The number of amides is 1. The second-order valence-corrected chi connectivity index (χ2v) is 8.95. The number of nitrogens with one attached hydrogen (secondary N) is 1. The summed E-state index contributed by atoms with van der Waals surface area (Å²) in [6.45, 7) is 4.99. The third-order valence-electron chi connectivity index (χ3n) is 4.24. The van der Waals surface area contributed by atoms with Gasteiger partial charge >= 0.3 is 0 Å². The Balaban J connectivity index is 1.40. The monoisotopic (exact) mass is 424 g/mol. The van der Waals surface area contributed by atoms with Gasteiger partial charge in [-0.25, -0.2) is 0 Å². The number of rotatable bonds is 6. The molecule has 1 aliphatic rings. The van der Waals surface area contributed by atoms with Gasteiger partial charge in [0, 0.05) is 39.9 Å². The van der Waals surface area contributed by atoms with Crippen molar-refractivity contribution in [1.82, 2.24) is 10.2 Å². The topological polar surface area (TPSA) is 32.3 Å². The van der Waals surface area contributed by atoms with Crippen LogP contribution in [0.2, 0.25) is 0 Å². The highest BCUT2D eigenvalue weighted by Gasteiger charge is 2.21. The molecule has 128 valence electrons. The van der Waals surface area contributed by atoms with Crippen molar-refractivity contribution in [3.8, 4) is 0 Å². The van der Waals surface area contributed by atoms with E-state index >= 15 is 0 Å². The van der Waals surface area contributed by atoms with Gasteiger partial charge in [0.15, 0.2) is 0 Å². The molecule has 3 nitrogen and oxygen atoms in total. The van der Waals surface area contributed by atoms with Crippen molar-refractivity contribution in [2.24, 2.45) is 0 Å². The molecule has 24 heavy (non-hydrogen) atoms. The van der Waals surface area contributed by atoms with Crippen LogP contribution in [-0.2, 0) is 17.8 Å².